The van der Waals surface area contributed by atoms with E-state index in [1.54, 1.807) is 6.33 Å². The summed E-state index contributed by atoms with van der Waals surface area (Å²) in [5, 5.41) is 13.7. The number of thioether (sulfide) groups is 1. The molecule has 0 bridgehead atoms. The van der Waals surface area contributed by atoms with E-state index < -0.39 is 0 Å². The Morgan fingerprint density at radius 3 is 3.00 bits per heavy atom. The summed E-state index contributed by atoms with van der Waals surface area (Å²) in [4.78, 5) is 10.2. The third-order valence-corrected chi connectivity index (χ3v) is 5.20. The van der Waals surface area contributed by atoms with Crippen molar-refractivity contribution in [2.75, 3.05) is 11.1 Å². The number of aromatic nitrogens is 2. The highest BCUT2D eigenvalue weighted by Gasteiger charge is 2.18. The monoisotopic (exact) mass is 318 g/mol. The molecule has 2 heterocycles. The van der Waals surface area contributed by atoms with Gasteiger partial charge in [0.15, 0.2) is 0 Å². The number of fused-ring (bicyclic) bond motifs is 3. The first-order valence-electron chi connectivity index (χ1n) is 7.43. The van der Waals surface area contributed by atoms with Gasteiger partial charge in [0.2, 0.25) is 0 Å². The number of hydrogen-bond donors (Lipinski definition) is 1. The normalized spacial score (nSPS) is 12.9. The van der Waals surface area contributed by atoms with Crippen molar-refractivity contribution in [1.29, 1.82) is 5.26 Å². The van der Waals surface area contributed by atoms with Gasteiger partial charge in [-0.15, -0.1) is 11.8 Å². The molecule has 112 valence electrons. The van der Waals surface area contributed by atoms with Gasteiger partial charge >= 0.3 is 0 Å². The van der Waals surface area contributed by atoms with Crippen LogP contribution in [-0.4, -0.2) is 15.7 Å². The van der Waals surface area contributed by atoms with E-state index in [1.807, 2.05) is 36.9 Å². The smallest absolute Gasteiger partial charge is 0.142 e. The van der Waals surface area contributed by atoms with Gasteiger partial charge in [-0.05, 0) is 48.7 Å². The van der Waals surface area contributed by atoms with Crippen LogP contribution in [0.5, 0.6) is 0 Å². The number of benzene rings is 2. The summed E-state index contributed by atoms with van der Waals surface area (Å²) in [7, 11) is 0. The van der Waals surface area contributed by atoms with Crippen molar-refractivity contribution < 1.29 is 0 Å². The predicted octanol–water partition coefficient (Wildman–Crippen LogP) is 4.20. The van der Waals surface area contributed by atoms with Crippen LogP contribution in [0.25, 0.3) is 10.9 Å². The summed E-state index contributed by atoms with van der Waals surface area (Å²) >= 11 is 1.88. The highest BCUT2D eigenvalue weighted by atomic mass is 32.2. The van der Waals surface area contributed by atoms with Gasteiger partial charge in [-0.25, -0.2) is 9.97 Å². The molecule has 0 atom stereocenters. The van der Waals surface area contributed by atoms with E-state index in [4.69, 9.17) is 0 Å². The van der Waals surface area contributed by atoms with Crippen molar-refractivity contribution in [3.8, 4) is 6.07 Å². The minimum atomic E-state index is 0.675. The lowest BCUT2D eigenvalue weighted by Gasteiger charge is -2.12. The summed E-state index contributed by atoms with van der Waals surface area (Å²) in [6, 6.07) is 12.2. The number of aryl methyl sites for hydroxylation is 2. The van der Waals surface area contributed by atoms with Crippen molar-refractivity contribution in [1.82, 2.24) is 9.97 Å². The highest BCUT2D eigenvalue weighted by molar-refractivity contribution is 7.99. The highest BCUT2D eigenvalue weighted by Crippen LogP contribution is 2.38. The number of nitrogens with one attached hydrogen (secondary N) is 1. The van der Waals surface area contributed by atoms with E-state index in [1.165, 1.54) is 10.5 Å². The molecule has 3 aromatic rings. The fraction of sp³-hybridized carbons (Fsp3) is 0.167. The molecule has 0 aliphatic carbocycles. The first kappa shape index (κ1) is 14.0. The summed E-state index contributed by atoms with van der Waals surface area (Å²) in [6.45, 7) is 1.94. The second-order valence-electron chi connectivity index (χ2n) is 5.52. The Labute approximate surface area is 138 Å². The zero-order chi connectivity index (χ0) is 15.8. The number of anilines is 2. The third-order valence-electron chi connectivity index (χ3n) is 4.10. The first-order valence-corrected chi connectivity index (χ1v) is 8.42. The Hall–Kier alpha value is -2.58. The molecule has 1 aliphatic rings. The van der Waals surface area contributed by atoms with E-state index in [9.17, 15) is 5.26 Å². The Kier molecular flexibility index (Phi) is 3.40. The Balaban J connectivity index is 1.84. The molecule has 0 amide bonds. The van der Waals surface area contributed by atoms with Crippen molar-refractivity contribution in [3.05, 3.63) is 53.3 Å². The van der Waals surface area contributed by atoms with Crippen molar-refractivity contribution in [2.45, 2.75) is 18.2 Å². The molecule has 1 aliphatic heterocycles. The summed E-state index contributed by atoms with van der Waals surface area (Å²) < 4.78 is 0. The lowest BCUT2D eigenvalue weighted by molar-refractivity contribution is 1.14. The quantitative estimate of drug-likeness (QED) is 0.767. The van der Waals surface area contributed by atoms with Crippen LogP contribution in [0.3, 0.4) is 0 Å². The zero-order valence-electron chi connectivity index (χ0n) is 12.6. The molecule has 0 saturated carbocycles. The van der Waals surface area contributed by atoms with Crippen molar-refractivity contribution in [3.63, 3.8) is 0 Å². The summed E-state index contributed by atoms with van der Waals surface area (Å²) in [5.41, 5.74) is 4.80. The van der Waals surface area contributed by atoms with Crippen LogP contribution in [0, 0.1) is 18.3 Å². The third kappa shape index (κ3) is 2.41. The molecule has 0 spiro atoms. The van der Waals surface area contributed by atoms with Crippen LogP contribution < -0.4 is 5.32 Å². The average Bonchev–Trinajstić information content (AvgIpc) is 3.05. The van der Waals surface area contributed by atoms with Gasteiger partial charge in [-0.3, -0.25) is 0 Å². The van der Waals surface area contributed by atoms with Crippen LogP contribution in [0.4, 0.5) is 11.5 Å². The van der Waals surface area contributed by atoms with Crippen LogP contribution in [-0.2, 0) is 6.42 Å². The van der Waals surface area contributed by atoms with E-state index in [0.717, 1.165) is 40.1 Å². The van der Waals surface area contributed by atoms with Crippen molar-refractivity contribution in [2.24, 2.45) is 0 Å². The topological polar surface area (TPSA) is 61.6 Å². The molecule has 0 saturated heterocycles. The number of nitriles is 1. The molecule has 0 radical (unpaired) electrons. The van der Waals surface area contributed by atoms with Gasteiger partial charge in [0.25, 0.3) is 0 Å². The number of nitrogens with zero attached hydrogens (tertiary/aromatic N) is 3. The molecule has 1 aromatic heterocycles. The molecule has 0 unspecified atom stereocenters. The maximum absolute atomic E-state index is 9.20. The molecular weight excluding hydrogens is 304 g/mol. The van der Waals surface area contributed by atoms with Crippen LogP contribution in [0.1, 0.15) is 16.7 Å². The Bertz CT molecular complexity index is 959. The molecule has 5 heteroatoms. The van der Waals surface area contributed by atoms with Crippen LogP contribution >= 0.6 is 11.8 Å². The molecule has 1 N–H and O–H groups in total. The molecule has 4 nitrogen and oxygen atoms in total. The van der Waals surface area contributed by atoms with Gasteiger partial charge in [0.1, 0.15) is 12.1 Å². The minimum Gasteiger partial charge on any atom is -0.340 e. The maximum atomic E-state index is 9.20. The summed E-state index contributed by atoms with van der Waals surface area (Å²) in [5.74, 6) is 1.91. The molecule has 2 aromatic carbocycles. The molecule has 23 heavy (non-hydrogen) atoms. The standard InChI is InChI=1S/C18H14N4S/c1-11-2-3-13(8-12(11)9-19)22-18-17-14-6-7-23-16(14)5-4-15(17)20-10-21-18/h2-5,8,10H,6-7H2,1H3,(H,20,21,22). The fourth-order valence-electron chi connectivity index (χ4n) is 2.90. The largest absolute Gasteiger partial charge is 0.340 e. The van der Waals surface area contributed by atoms with Crippen molar-refractivity contribution >= 4 is 34.2 Å². The number of hydrogen-bond acceptors (Lipinski definition) is 5. The molecular formula is C18H14N4S. The second-order valence-corrected chi connectivity index (χ2v) is 6.66. The fourth-order valence-corrected chi connectivity index (χ4v) is 3.97. The lowest BCUT2D eigenvalue weighted by Crippen LogP contribution is -1.99. The van der Waals surface area contributed by atoms with Gasteiger partial charge in [0, 0.05) is 21.7 Å². The second kappa shape index (κ2) is 5.56. The summed E-state index contributed by atoms with van der Waals surface area (Å²) in [6.07, 6.45) is 2.62. The van der Waals surface area contributed by atoms with Gasteiger partial charge in [0.05, 0.1) is 17.1 Å². The van der Waals surface area contributed by atoms with Crippen LogP contribution in [0.2, 0.25) is 0 Å². The average molecular weight is 318 g/mol. The molecule has 4 rings (SSSR count). The number of rotatable bonds is 2. The van der Waals surface area contributed by atoms with Gasteiger partial charge in [-0.1, -0.05) is 6.07 Å². The van der Waals surface area contributed by atoms with Gasteiger partial charge in [-0.2, -0.15) is 5.26 Å². The van der Waals surface area contributed by atoms with E-state index in [2.05, 4.69) is 33.5 Å². The van der Waals surface area contributed by atoms with E-state index >= 15 is 0 Å². The lowest BCUT2D eigenvalue weighted by atomic mass is 10.1. The Morgan fingerprint density at radius 1 is 1.22 bits per heavy atom. The van der Waals surface area contributed by atoms with E-state index in [-0.39, 0.29) is 0 Å². The van der Waals surface area contributed by atoms with Crippen LogP contribution in [0.15, 0.2) is 41.6 Å². The zero-order valence-corrected chi connectivity index (χ0v) is 13.4. The molecule has 0 fully saturated rings. The Morgan fingerprint density at radius 2 is 2.13 bits per heavy atom. The van der Waals surface area contributed by atoms with E-state index in [0.29, 0.717) is 5.56 Å². The maximum Gasteiger partial charge on any atom is 0.142 e. The first-order chi connectivity index (χ1) is 11.3. The predicted molar refractivity (Wildman–Crippen MR) is 93.1 cm³/mol. The van der Waals surface area contributed by atoms with Gasteiger partial charge < -0.3 is 5.32 Å². The SMILES string of the molecule is Cc1ccc(Nc2ncnc3ccc4c(c23)CCS4)cc1C#N. The minimum absolute atomic E-state index is 0.675.